The monoisotopic (exact) mass is 207 g/mol. The van der Waals surface area contributed by atoms with Gasteiger partial charge in [-0.05, 0) is 47.4 Å². The number of nitroso groups, excluding NO2 is 1. The molecule has 2 rings (SSSR count). The highest BCUT2D eigenvalue weighted by molar-refractivity contribution is 5.63. The number of phenols is 1. The number of hydrogen-bond acceptors (Lipinski definition) is 5. The van der Waals surface area contributed by atoms with Gasteiger partial charge in [-0.3, -0.25) is 0 Å². The summed E-state index contributed by atoms with van der Waals surface area (Å²) in [6, 6.07) is 2.98. The number of nitrogens with zero attached hydrogens (tertiary/aromatic N) is 1. The molecule has 1 aliphatic rings. The lowest BCUT2D eigenvalue weighted by molar-refractivity contribution is -0.139. The van der Waals surface area contributed by atoms with Crippen molar-refractivity contribution >= 4 is 6.08 Å². The molecule has 0 saturated heterocycles. The Hall–Kier alpha value is -1.88. The van der Waals surface area contributed by atoms with Crippen LogP contribution in [0.3, 0.4) is 0 Å². The minimum atomic E-state index is -0.118. The molecular formula is C10H9NO4. The van der Waals surface area contributed by atoms with Crippen molar-refractivity contribution in [2.45, 2.75) is 12.8 Å². The molecule has 2 N–H and O–H groups in total. The van der Waals surface area contributed by atoms with Crippen LogP contribution in [0.1, 0.15) is 17.5 Å². The number of phenolic OH excluding ortho intramolecular Hbond substituents is 1. The van der Waals surface area contributed by atoms with E-state index in [-0.39, 0.29) is 11.5 Å². The van der Waals surface area contributed by atoms with Crippen LogP contribution in [0.2, 0.25) is 0 Å². The summed E-state index contributed by atoms with van der Waals surface area (Å²) in [5, 5.41) is 20.7. The maximum atomic E-state index is 10.3. The van der Waals surface area contributed by atoms with Crippen LogP contribution in [-0.2, 0) is 6.42 Å². The molecule has 5 nitrogen and oxygen atoms in total. The van der Waals surface area contributed by atoms with Crippen LogP contribution in [0.4, 0.5) is 0 Å². The van der Waals surface area contributed by atoms with Crippen molar-refractivity contribution < 1.29 is 15.3 Å². The quantitative estimate of drug-likeness (QED) is 0.443. The van der Waals surface area contributed by atoms with Crippen molar-refractivity contribution in [1.82, 2.24) is 0 Å². The molecule has 0 aromatic heterocycles. The first-order valence-corrected chi connectivity index (χ1v) is 4.46. The van der Waals surface area contributed by atoms with E-state index in [2.05, 4.69) is 10.1 Å². The second kappa shape index (κ2) is 3.70. The van der Waals surface area contributed by atoms with E-state index in [1.807, 2.05) is 0 Å². The van der Waals surface area contributed by atoms with Crippen LogP contribution in [-0.4, -0.2) is 10.4 Å². The molecule has 0 radical (unpaired) electrons. The highest BCUT2D eigenvalue weighted by Crippen LogP contribution is 2.34. The lowest BCUT2D eigenvalue weighted by Gasteiger charge is -2.13. The maximum absolute atomic E-state index is 10.3. The SMILES string of the molecule is O=NC1=Cc2cc(OO)c(O)cc2CC1. The van der Waals surface area contributed by atoms with Gasteiger partial charge in [-0.1, -0.05) is 0 Å². The molecule has 0 heterocycles. The summed E-state index contributed by atoms with van der Waals surface area (Å²) in [5.74, 6) is -0.149. The van der Waals surface area contributed by atoms with Gasteiger partial charge in [0.2, 0.25) is 5.75 Å². The molecule has 15 heavy (non-hydrogen) atoms. The fourth-order valence-electron chi connectivity index (χ4n) is 1.64. The number of aromatic hydroxyl groups is 1. The standard InChI is InChI=1S/C10H9NO4/c12-9-4-6-1-2-8(11-13)3-7(6)5-10(9)15-14/h3-5,12,14H,1-2H2. The zero-order chi connectivity index (χ0) is 10.8. The zero-order valence-electron chi connectivity index (χ0n) is 7.80. The molecule has 0 atom stereocenters. The number of hydrogen-bond donors (Lipinski definition) is 2. The Balaban J connectivity index is 2.51. The summed E-state index contributed by atoms with van der Waals surface area (Å²) in [6.07, 6.45) is 2.83. The lowest BCUT2D eigenvalue weighted by atomic mass is 9.95. The average Bonchev–Trinajstić information content (AvgIpc) is 2.27. The smallest absolute Gasteiger partial charge is 0.207 e. The average molecular weight is 207 g/mol. The number of fused-ring (bicyclic) bond motifs is 1. The summed E-state index contributed by atoms with van der Waals surface area (Å²) >= 11 is 0. The number of benzene rings is 1. The van der Waals surface area contributed by atoms with Gasteiger partial charge in [0.1, 0.15) is 0 Å². The first-order chi connectivity index (χ1) is 7.24. The lowest BCUT2D eigenvalue weighted by Crippen LogP contribution is -1.99. The van der Waals surface area contributed by atoms with Crippen molar-refractivity contribution in [3.05, 3.63) is 33.9 Å². The fraction of sp³-hybridized carbons (Fsp3) is 0.200. The molecule has 0 fully saturated rings. The van der Waals surface area contributed by atoms with Crippen LogP contribution in [0.15, 0.2) is 23.0 Å². The van der Waals surface area contributed by atoms with Gasteiger partial charge in [-0.15, -0.1) is 4.91 Å². The van der Waals surface area contributed by atoms with E-state index < -0.39 is 0 Å². The summed E-state index contributed by atoms with van der Waals surface area (Å²) in [6.45, 7) is 0. The first-order valence-electron chi connectivity index (χ1n) is 4.46. The minimum absolute atomic E-state index is 0.0304. The highest BCUT2D eigenvalue weighted by Gasteiger charge is 2.14. The molecule has 1 aromatic carbocycles. The van der Waals surface area contributed by atoms with Gasteiger partial charge in [-0.25, -0.2) is 5.26 Å². The third kappa shape index (κ3) is 1.69. The Bertz CT molecular complexity index is 439. The van der Waals surface area contributed by atoms with Gasteiger partial charge in [0.25, 0.3) is 0 Å². The Morgan fingerprint density at radius 1 is 1.33 bits per heavy atom. The molecule has 0 aliphatic heterocycles. The largest absolute Gasteiger partial charge is 0.504 e. The third-order valence-electron chi connectivity index (χ3n) is 2.41. The number of aryl methyl sites for hydroxylation is 1. The Morgan fingerprint density at radius 3 is 2.80 bits per heavy atom. The minimum Gasteiger partial charge on any atom is -0.504 e. The topological polar surface area (TPSA) is 79.1 Å². The predicted octanol–water partition coefficient (Wildman–Crippen LogP) is 2.30. The molecule has 1 aromatic rings. The summed E-state index contributed by atoms with van der Waals surface area (Å²) in [5.41, 5.74) is 2.09. The Morgan fingerprint density at radius 2 is 2.13 bits per heavy atom. The summed E-state index contributed by atoms with van der Waals surface area (Å²) in [4.78, 5) is 14.3. The van der Waals surface area contributed by atoms with E-state index in [4.69, 9.17) is 5.26 Å². The van der Waals surface area contributed by atoms with E-state index in [1.54, 1.807) is 6.08 Å². The predicted molar refractivity (Wildman–Crippen MR) is 53.5 cm³/mol. The first kappa shape index (κ1) is 9.67. The summed E-state index contributed by atoms with van der Waals surface area (Å²) < 4.78 is 0. The van der Waals surface area contributed by atoms with Crippen LogP contribution in [0.5, 0.6) is 11.5 Å². The van der Waals surface area contributed by atoms with Crippen molar-refractivity contribution in [2.24, 2.45) is 5.18 Å². The molecule has 0 spiro atoms. The van der Waals surface area contributed by atoms with E-state index in [9.17, 15) is 10.0 Å². The van der Waals surface area contributed by atoms with E-state index in [0.29, 0.717) is 18.5 Å². The molecule has 0 saturated carbocycles. The molecule has 0 bridgehead atoms. The van der Waals surface area contributed by atoms with Crippen molar-refractivity contribution in [1.29, 1.82) is 0 Å². The molecule has 5 heteroatoms. The molecule has 0 amide bonds. The van der Waals surface area contributed by atoms with Gasteiger partial charge in [0.15, 0.2) is 5.75 Å². The van der Waals surface area contributed by atoms with E-state index in [0.717, 1.165) is 11.1 Å². The normalized spacial score (nSPS) is 14.1. The number of allylic oxidation sites excluding steroid dienone is 1. The second-order valence-electron chi connectivity index (χ2n) is 3.34. The van der Waals surface area contributed by atoms with Gasteiger partial charge in [0.05, 0.1) is 5.70 Å². The van der Waals surface area contributed by atoms with E-state index in [1.165, 1.54) is 12.1 Å². The molecule has 78 valence electrons. The van der Waals surface area contributed by atoms with Crippen molar-refractivity contribution in [3.8, 4) is 11.5 Å². The van der Waals surface area contributed by atoms with Crippen LogP contribution < -0.4 is 4.89 Å². The molecule has 1 aliphatic carbocycles. The van der Waals surface area contributed by atoms with Crippen LogP contribution in [0.25, 0.3) is 6.08 Å². The third-order valence-corrected chi connectivity index (χ3v) is 2.41. The summed E-state index contributed by atoms with van der Waals surface area (Å²) in [7, 11) is 0. The van der Waals surface area contributed by atoms with Crippen LogP contribution >= 0.6 is 0 Å². The van der Waals surface area contributed by atoms with Crippen molar-refractivity contribution in [2.75, 3.05) is 0 Å². The second-order valence-corrected chi connectivity index (χ2v) is 3.34. The zero-order valence-corrected chi connectivity index (χ0v) is 7.80. The van der Waals surface area contributed by atoms with Gasteiger partial charge < -0.3 is 9.99 Å². The van der Waals surface area contributed by atoms with Gasteiger partial charge in [0, 0.05) is 0 Å². The fourth-order valence-corrected chi connectivity index (χ4v) is 1.64. The Labute approximate surface area is 85.5 Å². The van der Waals surface area contributed by atoms with E-state index >= 15 is 0 Å². The Kier molecular flexibility index (Phi) is 2.39. The van der Waals surface area contributed by atoms with Gasteiger partial charge in [-0.2, -0.15) is 0 Å². The maximum Gasteiger partial charge on any atom is 0.207 e. The van der Waals surface area contributed by atoms with Crippen LogP contribution in [0, 0.1) is 4.91 Å². The van der Waals surface area contributed by atoms with Gasteiger partial charge >= 0.3 is 0 Å². The molecule has 0 unspecified atom stereocenters. The molecular weight excluding hydrogens is 198 g/mol. The highest BCUT2D eigenvalue weighted by atomic mass is 17.1. The number of rotatable bonds is 2. The van der Waals surface area contributed by atoms with Crippen molar-refractivity contribution in [3.63, 3.8) is 0 Å².